The van der Waals surface area contributed by atoms with Crippen LogP contribution in [-0.4, -0.2) is 14.4 Å². The fraction of sp³-hybridized carbons (Fsp3) is 0.120. The first-order valence-corrected chi connectivity index (χ1v) is 10.2. The van der Waals surface area contributed by atoms with E-state index >= 15 is 0 Å². The van der Waals surface area contributed by atoms with Crippen LogP contribution in [0.4, 0.5) is 0 Å². The number of hydrogen-bond acceptors (Lipinski definition) is 2. The number of halogens is 1. The lowest BCUT2D eigenvalue weighted by molar-refractivity contribution is 1.24. The van der Waals surface area contributed by atoms with Gasteiger partial charge in [0.05, 0.1) is 22.4 Å². The number of allylic oxidation sites excluding steroid dienone is 1. The summed E-state index contributed by atoms with van der Waals surface area (Å²) in [7, 11) is 0. The summed E-state index contributed by atoms with van der Waals surface area (Å²) in [4.78, 5) is 9.81. The van der Waals surface area contributed by atoms with Gasteiger partial charge in [-0.3, -0.25) is 4.40 Å². The molecule has 2 aromatic carbocycles. The molecular weight excluding hydrogens is 378 g/mol. The van der Waals surface area contributed by atoms with Crippen molar-refractivity contribution in [1.29, 1.82) is 0 Å². The number of pyridine rings is 2. The first-order chi connectivity index (χ1) is 14.2. The monoisotopic (exact) mass is 399 g/mol. The standard InChI is InChI=1S/C23H16ClN3.C2H6/c1-3-7-21-18(4-2)26-23-22-17(12-14-8-5-6-9-19(14)25-22)16-13-15(24)10-11-20(16)27(21)23;1-2/h3-13H,2H2,1H3;1-2H3/b7-3-;. The Morgan fingerprint density at radius 2 is 1.79 bits per heavy atom. The van der Waals surface area contributed by atoms with Gasteiger partial charge in [0, 0.05) is 21.2 Å². The van der Waals surface area contributed by atoms with Crippen LogP contribution < -0.4 is 0 Å². The molecule has 0 aliphatic heterocycles. The third-order valence-corrected chi connectivity index (χ3v) is 5.12. The summed E-state index contributed by atoms with van der Waals surface area (Å²) in [5.74, 6) is 0. The van der Waals surface area contributed by atoms with E-state index in [1.165, 1.54) is 0 Å². The molecule has 0 amide bonds. The van der Waals surface area contributed by atoms with Crippen LogP contribution in [0, 0.1) is 0 Å². The van der Waals surface area contributed by atoms with Crippen LogP contribution in [0.3, 0.4) is 0 Å². The van der Waals surface area contributed by atoms with Crippen LogP contribution >= 0.6 is 11.6 Å². The van der Waals surface area contributed by atoms with E-state index in [1.54, 1.807) is 6.08 Å². The van der Waals surface area contributed by atoms with Crippen molar-refractivity contribution in [2.45, 2.75) is 20.8 Å². The van der Waals surface area contributed by atoms with E-state index in [-0.39, 0.29) is 0 Å². The fourth-order valence-electron chi connectivity index (χ4n) is 3.73. The van der Waals surface area contributed by atoms with Crippen molar-refractivity contribution in [3.63, 3.8) is 0 Å². The van der Waals surface area contributed by atoms with Crippen LogP contribution in [0.25, 0.3) is 50.5 Å². The molecule has 29 heavy (non-hydrogen) atoms. The molecule has 0 saturated carbocycles. The highest BCUT2D eigenvalue weighted by Crippen LogP contribution is 2.34. The molecule has 0 radical (unpaired) electrons. The maximum absolute atomic E-state index is 6.35. The Kier molecular flexibility index (Phi) is 5.08. The first kappa shape index (κ1) is 19.2. The van der Waals surface area contributed by atoms with E-state index in [0.29, 0.717) is 5.02 Å². The van der Waals surface area contributed by atoms with Crippen molar-refractivity contribution >= 4 is 62.1 Å². The molecule has 0 unspecified atom stereocenters. The Labute approximate surface area is 175 Å². The molecule has 0 fully saturated rings. The number of imidazole rings is 1. The molecule has 5 aromatic rings. The van der Waals surface area contributed by atoms with Crippen LogP contribution in [-0.2, 0) is 0 Å². The Hall–Kier alpha value is -3.17. The van der Waals surface area contributed by atoms with Gasteiger partial charge in [-0.15, -0.1) is 0 Å². The maximum Gasteiger partial charge on any atom is 0.165 e. The quantitative estimate of drug-likeness (QED) is 0.226. The average molecular weight is 400 g/mol. The SMILES string of the molecule is C=Cc1nc2c3nc4ccccc4cc3c3cc(Cl)ccc3n2c1/C=C\C.CC. The molecule has 4 heteroatoms. The number of para-hydroxylation sites is 1. The molecule has 0 bridgehead atoms. The minimum absolute atomic E-state index is 0.702. The van der Waals surface area contributed by atoms with Crippen molar-refractivity contribution in [3.05, 3.63) is 77.6 Å². The van der Waals surface area contributed by atoms with Crippen LogP contribution in [0.5, 0.6) is 0 Å². The van der Waals surface area contributed by atoms with Gasteiger partial charge < -0.3 is 0 Å². The largest absolute Gasteiger partial charge is 0.290 e. The van der Waals surface area contributed by atoms with Crippen LogP contribution in [0.2, 0.25) is 5.02 Å². The molecule has 0 spiro atoms. The summed E-state index contributed by atoms with van der Waals surface area (Å²) in [5, 5.41) is 3.90. The van der Waals surface area contributed by atoms with Gasteiger partial charge >= 0.3 is 0 Å². The van der Waals surface area contributed by atoms with Gasteiger partial charge in [0.2, 0.25) is 0 Å². The highest BCUT2D eigenvalue weighted by atomic mass is 35.5. The van der Waals surface area contributed by atoms with Crippen molar-refractivity contribution in [2.24, 2.45) is 0 Å². The van der Waals surface area contributed by atoms with E-state index in [9.17, 15) is 0 Å². The maximum atomic E-state index is 6.35. The average Bonchev–Trinajstić information content (AvgIpc) is 3.13. The fourth-order valence-corrected chi connectivity index (χ4v) is 3.90. The second-order valence-corrected chi connectivity index (χ2v) is 6.92. The second kappa shape index (κ2) is 7.69. The zero-order valence-corrected chi connectivity index (χ0v) is 17.5. The molecular formula is C25H22ClN3. The first-order valence-electron chi connectivity index (χ1n) is 9.79. The Morgan fingerprint density at radius 1 is 1.00 bits per heavy atom. The second-order valence-electron chi connectivity index (χ2n) is 6.48. The van der Waals surface area contributed by atoms with Gasteiger partial charge in [0.1, 0.15) is 5.52 Å². The summed E-state index contributed by atoms with van der Waals surface area (Å²) < 4.78 is 2.15. The molecule has 3 nitrogen and oxygen atoms in total. The summed E-state index contributed by atoms with van der Waals surface area (Å²) in [6.45, 7) is 9.94. The van der Waals surface area contributed by atoms with E-state index in [1.807, 2.05) is 63.2 Å². The van der Waals surface area contributed by atoms with E-state index in [2.05, 4.69) is 29.2 Å². The van der Waals surface area contributed by atoms with Crippen molar-refractivity contribution in [3.8, 4) is 0 Å². The smallest absolute Gasteiger partial charge is 0.165 e. The number of fused-ring (bicyclic) bond motifs is 7. The van der Waals surface area contributed by atoms with E-state index in [0.717, 1.165) is 49.7 Å². The molecule has 3 aromatic heterocycles. The molecule has 5 rings (SSSR count). The minimum atomic E-state index is 0.702. The molecule has 0 aliphatic rings. The number of rotatable bonds is 2. The van der Waals surface area contributed by atoms with Gasteiger partial charge in [-0.25, -0.2) is 9.97 Å². The number of nitrogens with zero attached hydrogens (tertiary/aromatic N) is 3. The number of aromatic nitrogens is 3. The topological polar surface area (TPSA) is 30.2 Å². The molecule has 144 valence electrons. The Balaban J connectivity index is 0.000000994. The molecule has 0 saturated heterocycles. The lowest BCUT2D eigenvalue weighted by Gasteiger charge is -2.10. The highest BCUT2D eigenvalue weighted by molar-refractivity contribution is 6.32. The van der Waals surface area contributed by atoms with E-state index in [4.69, 9.17) is 21.6 Å². The van der Waals surface area contributed by atoms with Crippen molar-refractivity contribution < 1.29 is 0 Å². The third-order valence-electron chi connectivity index (χ3n) is 4.88. The normalized spacial score (nSPS) is 11.4. The van der Waals surface area contributed by atoms with Crippen LogP contribution in [0.1, 0.15) is 32.2 Å². The van der Waals surface area contributed by atoms with Crippen molar-refractivity contribution in [2.75, 3.05) is 0 Å². The Morgan fingerprint density at radius 3 is 2.55 bits per heavy atom. The summed E-state index contributed by atoms with van der Waals surface area (Å²) in [5.41, 5.74) is 5.52. The summed E-state index contributed by atoms with van der Waals surface area (Å²) >= 11 is 6.35. The van der Waals surface area contributed by atoms with Gasteiger partial charge in [0.25, 0.3) is 0 Å². The number of hydrogen-bond donors (Lipinski definition) is 0. The zero-order chi connectivity index (χ0) is 20.5. The minimum Gasteiger partial charge on any atom is -0.290 e. The van der Waals surface area contributed by atoms with Gasteiger partial charge in [-0.05, 0) is 49.4 Å². The van der Waals surface area contributed by atoms with Gasteiger partial charge in [-0.1, -0.05) is 56.3 Å². The molecule has 3 heterocycles. The van der Waals surface area contributed by atoms with Gasteiger partial charge in [-0.2, -0.15) is 0 Å². The Bertz CT molecular complexity index is 1410. The third kappa shape index (κ3) is 2.99. The zero-order valence-electron chi connectivity index (χ0n) is 16.8. The van der Waals surface area contributed by atoms with E-state index < -0.39 is 0 Å². The predicted octanol–water partition coefficient (Wildman–Crippen LogP) is 7.54. The van der Waals surface area contributed by atoms with Crippen molar-refractivity contribution in [1.82, 2.24) is 14.4 Å². The van der Waals surface area contributed by atoms with Crippen LogP contribution in [0.15, 0.2) is 61.2 Å². The lowest BCUT2D eigenvalue weighted by Crippen LogP contribution is -1.95. The molecule has 0 N–H and O–H groups in total. The number of benzene rings is 2. The highest BCUT2D eigenvalue weighted by Gasteiger charge is 2.17. The molecule has 0 aliphatic carbocycles. The molecule has 0 atom stereocenters. The summed E-state index contributed by atoms with van der Waals surface area (Å²) in [6, 6.07) is 16.3. The lowest BCUT2D eigenvalue weighted by atomic mass is 10.1. The summed E-state index contributed by atoms with van der Waals surface area (Å²) in [6.07, 6.45) is 5.85. The van der Waals surface area contributed by atoms with Gasteiger partial charge in [0.15, 0.2) is 5.65 Å². The predicted molar refractivity (Wildman–Crippen MR) is 127 cm³/mol.